The van der Waals surface area contributed by atoms with Crippen LogP contribution in [0.3, 0.4) is 0 Å². The van der Waals surface area contributed by atoms with Gasteiger partial charge in [-0.2, -0.15) is 0 Å². The smallest absolute Gasteiger partial charge is 0.258 e. The topological polar surface area (TPSA) is 46.4 Å². The van der Waals surface area contributed by atoms with Crippen molar-refractivity contribution >= 4 is 43.2 Å². The lowest BCUT2D eigenvalue weighted by atomic mass is 10.3. The second-order valence-electron chi connectivity index (χ2n) is 4.49. The number of nitrogens with one attached hydrogen (secondary N) is 1. The number of pyridine rings is 1. The van der Waals surface area contributed by atoms with Gasteiger partial charge < -0.3 is 5.32 Å². The molecular formula is C15H11Br2N3O. The summed E-state index contributed by atoms with van der Waals surface area (Å²) in [5.41, 5.74) is 2.23. The molecule has 0 amide bonds. The minimum Gasteiger partial charge on any atom is -0.378 e. The summed E-state index contributed by atoms with van der Waals surface area (Å²) in [5.74, 6) is 0. The highest BCUT2D eigenvalue weighted by Gasteiger charge is 2.04. The maximum atomic E-state index is 12.0. The van der Waals surface area contributed by atoms with Gasteiger partial charge >= 0.3 is 0 Å². The van der Waals surface area contributed by atoms with E-state index in [4.69, 9.17) is 0 Å². The van der Waals surface area contributed by atoms with Gasteiger partial charge in [0.05, 0.1) is 12.2 Å². The molecule has 2 heterocycles. The lowest BCUT2D eigenvalue weighted by Crippen LogP contribution is -2.16. The molecule has 106 valence electrons. The molecule has 0 saturated carbocycles. The normalized spacial score (nSPS) is 10.8. The summed E-state index contributed by atoms with van der Waals surface area (Å²) in [6, 6.07) is 12.9. The lowest BCUT2D eigenvalue weighted by Gasteiger charge is -2.09. The SMILES string of the molecule is O=c1cc(CNc2ccc(Br)cc2Br)nc2ccccn12. The zero-order valence-corrected chi connectivity index (χ0v) is 14.1. The minimum atomic E-state index is -0.0766. The molecular weight excluding hydrogens is 398 g/mol. The number of nitrogens with zero attached hydrogens (tertiary/aromatic N) is 2. The van der Waals surface area contributed by atoms with Crippen molar-refractivity contribution < 1.29 is 0 Å². The number of aromatic nitrogens is 2. The fourth-order valence-electron chi connectivity index (χ4n) is 2.01. The number of halogens is 2. The van der Waals surface area contributed by atoms with E-state index in [9.17, 15) is 4.79 Å². The Bertz CT molecular complexity index is 861. The maximum Gasteiger partial charge on any atom is 0.258 e. The van der Waals surface area contributed by atoms with Gasteiger partial charge in [-0.15, -0.1) is 0 Å². The maximum absolute atomic E-state index is 12.0. The fourth-order valence-corrected chi connectivity index (χ4v) is 3.20. The van der Waals surface area contributed by atoms with Crippen LogP contribution < -0.4 is 10.9 Å². The predicted octanol–water partition coefficient (Wildman–Crippen LogP) is 3.83. The van der Waals surface area contributed by atoms with Gasteiger partial charge in [0.2, 0.25) is 0 Å². The zero-order chi connectivity index (χ0) is 14.8. The van der Waals surface area contributed by atoms with Gasteiger partial charge in [-0.3, -0.25) is 9.20 Å². The van der Waals surface area contributed by atoms with Crippen LogP contribution in [0.2, 0.25) is 0 Å². The summed E-state index contributed by atoms with van der Waals surface area (Å²) in [6.45, 7) is 0.487. The Balaban J connectivity index is 1.87. The standard InChI is InChI=1S/C15H11Br2N3O/c16-10-4-5-13(12(17)7-10)18-9-11-8-15(21)20-6-2-1-3-14(20)19-11/h1-8,18H,9H2. The van der Waals surface area contributed by atoms with Crippen LogP contribution in [-0.4, -0.2) is 9.38 Å². The van der Waals surface area contributed by atoms with Crippen molar-refractivity contribution in [3.8, 4) is 0 Å². The van der Waals surface area contributed by atoms with Gasteiger partial charge in [0.15, 0.2) is 0 Å². The number of benzene rings is 1. The van der Waals surface area contributed by atoms with E-state index in [1.165, 1.54) is 4.40 Å². The average molecular weight is 409 g/mol. The molecule has 0 bridgehead atoms. The van der Waals surface area contributed by atoms with Crippen LogP contribution in [0.5, 0.6) is 0 Å². The van der Waals surface area contributed by atoms with Crippen LogP contribution in [0, 0.1) is 0 Å². The predicted molar refractivity (Wildman–Crippen MR) is 90.6 cm³/mol. The molecule has 0 spiro atoms. The van der Waals surface area contributed by atoms with E-state index < -0.39 is 0 Å². The first-order chi connectivity index (χ1) is 10.1. The van der Waals surface area contributed by atoms with Gasteiger partial charge in [-0.1, -0.05) is 22.0 Å². The van der Waals surface area contributed by atoms with E-state index in [-0.39, 0.29) is 5.56 Å². The Morgan fingerprint density at radius 1 is 1.14 bits per heavy atom. The Labute approximate surface area is 138 Å². The monoisotopic (exact) mass is 407 g/mol. The molecule has 1 N–H and O–H groups in total. The van der Waals surface area contributed by atoms with Crippen molar-refractivity contribution in [3.05, 3.63) is 73.7 Å². The molecule has 0 atom stereocenters. The van der Waals surface area contributed by atoms with E-state index in [1.54, 1.807) is 12.3 Å². The van der Waals surface area contributed by atoms with Gasteiger partial charge in [0.1, 0.15) is 5.65 Å². The van der Waals surface area contributed by atoms with Crippen molar-refractivity contribution in [2.75, 3.05) is 5.32 Å². The van der Waals surface area contributed by atoms with Gasteiger partial charge in [-0.05, 0) is 46.3 Å². The van der Waals surface area contributed by atoms with E-state index in [0.29, 0.717) is 17.9 Å². The average Bonchev–Trinajstić information content (AvgIpc) is 2.46. The third kappa shape index (κ3) is 3.16. The van der Waals surface area contributed by atoms with Crippen LogP contribution in [0.25, 0.3) is 5.65 Å². The summed E-state index contributed by atoms with van der Waals surface area (Å²) < 4.78 is 3.48. The second-order valence-corrected chi connectivity index (χ2v) is 6.26. The third-order valence-electron chi connectivity index (χ3n) is 3.02. The molecule has 2 aromatic heterocycles. The van der Waals surface area contributed by atoms with Crippen LogP contribution in [-0.2, 0) is 6.54 Å². The summed E-state index contributed by atoms with van der Waals surface area (Å²) >= 11 is 6.91. The minimum absolute atomic E-state index is 0.0766. The van der Waals surface area contributed by atoms with Crippen LogP contribution >= 0.6 is 31.9 Å². The number of hydrogen-bond donors (Lipinski definition) is 1. The van der Waals surface area contributed by atoms with E-state index in [2.05, 4.69) is 42.2 Å². The largest absolute Gasteiger partial charge is 0.378 e. The summed E-state index contributed by atoms with van der Waals surface area (Å²) in [5, 5.41) is 3.27. The summed E-state index contributed by atoms with van der Waals surface area (Å²) in [6.07, 6.45) is 1.72. The number of fused-ring (bicyclic) bond motifs is 1. The van der Waals surface area contributed by atoms with Gasteiger partial charge in [0, 0.05) is 26.9 Å². The first-order valence-corrected chi connectivity index (χ1v) is 7.88. The lowest BCUT2D eigenvalue weighted by molar-refractivity contribution is 0.971. The molecule has 0 aliphatic carbocycles. The molecule has 0 aliphatic heterocycles. The highest BCUT2D eigenvalue weighted by Crippen LogP contribution is 2.26. The molecule has 4 nitrogen and oxygen atoms in total. The van der Waals surface area contributed by atoms with Crippen molar-refractivity contribution in [1.82, 2.24) is 9.38 Å². The van der Waals surface area contributed by atoms with Crippen molar-refractivity contribution in [1.29, 1.82) is 0 Å². The van der Waals surface area contributed by atoms with Crippen LogP contribution in [0.15, 0.2) is 62.4 Å². The number of rotatable bonds is 3. The Hall–Kier alpha value is -1.66. The fraction of sp³-hybridized carbons (Fsp3) is 0.0667. The van der Waals surface area contributed by atoms with Gasteiger partial charge in [-0.25, -0.2) is 4.98 Å². The molecule has 0 radical (unpaired) electrons. The van der Waals surface area contributed by atoms with E-state index in [1.807, 2.05) is 36.4 Å². The molecule has 21 heavy (non-hydrogen) atoms. The van der Waals surface area contributed by atoms with E-state index >= 15 is 0 Å². The molecule has 1 aromatic carbocycles. The van der Waals surface area contributed by atoms with Gasteiger partial charge in [0.25, 0.3) is 5.56 Å². The van der Waals surface area contributed by atoms with Crippen molar-refractivity contribution in [2.45, 2.75) is 6.54 Å². The highest BCUT2D eigenvalue weighted by atomic mass is 79.9. The zero-order valence-electron chi connectivity index (χ0n) is 10.9. The Morgan fingerprint density at radius 3 is 2.81 bits per heavy atom. The van der Waals surface area contributed by atoms with Crippen molar-refractivity contribution in [2.24, 2.45) is 0 Å². The van der Waals surface area contributed by atoms with Crippen LogP contribution in [0.4, 0.5) is 5.69 Å². The summed E-state index contributed by atoms with van der Waals surface area (Å²) in [4.78, 5) is 16.5. The molecule has 3 aromatic rings. The first kappa shape index (κ1) is 14.3. The van der Waals surface area contributed by atoms with Crippen molar-refractivity contribution in [3.63, 3.8) is 0 Å². The summed E-state index contributed by atoms with van der Waals surface area (Å²) in [7, 11) is 0. The quantitative estimate of drug-likeness (QED) is 0.716. The molecule has 0 aliphatic rings. The third-order valence-corrected chi connectivity index (χ3v) is 4.16. The molecule has 0 saturated heterocycles. The molecule has 0 unspecified atom stereocenters. The molecule has 3 rings (SSSR count). The number of hydrogen-bond acceptors (Lipinski definition) is 3. The molecule has 6 heteroatoms. The molecule has 0 fully saturated rings. The second kappa shape index (κ2) is 5.99. The first-order valence-electron chi connectivity index (χ1n) is 6.30. The number of anilines is 1. The van der Waals surface area contributed by atoms with E-state index in [0.717, 1.165) is 14.6 Å². The highest BCUT2D eigenvalue weighted by molar-refractivity contribution is 9.11. The van der Waals surface area contributed by atoms with Crippen LogP contribution in [0.1, 0.15) is 5.69 Å². The Morgan fingerprint density at radius 2 is 2.00 bits per heavy atom. The Kier molecular flexibility index (Phi) is 4.07.